The number of hydrogen-bond acceptors (Lipinski definition) is 2. The van der Waals surface area contributed by atoms with Gasteiger partial charge in [0.1, 0.15) is 11.6 Å². The van der Waals surface area contributed by atoms with Crippen molar-refractivity contribution in [3.05, 3.63) is 65.0 Å². The molecule has 2 unspecified atom stereocenters. The van der Waals surface area contributed by atoms with Gasteiger partial charge >= 0.3 is 0 Å². The summed E-state index contributed by atoms with van der Waals surface area (Å²) in [7, 11) is 1.49. The average molecular weight is 258 g/mol. The summed E-state index contributed by atoms with van der Waals surface area (Å²) in [6.07, 6.45) is -0.0104. The lowest BCUT2D eigenvalue weighted by Crippen LogP contribution is -2.24. The predicted molar refractivity (Wildman–Crippen MR) is 70.8 cm³/mol. The SMILES string of the molecule is COc1ccc(C(O)C2Cc3ccccc32)c(F)c1. The standard InChI is InChI=1S/C16H15FO2/c1-19-11-6-7-13(15(17)9-11)16(18)14-8-10-4-2-3-5-12(10)14/h2-7,9,14,16,18H,8H2,1H3. The zero-order valence-corrected chi connectivity index (χ0v) is 10.6. The predicted octanol–water partition coefficient (Wildman–Crippen LogP) is 3.21. The second-order valence-corrected chi connectivity index (χ2v) is 4.84. The maximum atomic E-state index is 13.9. The van der Waals surface area contributed by atoms with Gasteiger partial charge in [-0.15, -0.1) is 0 Å². The number of rotatable bonds is 3. The van der Waals surface area contributed by atoms with Gasteiger partial charge in [-0.3, -0.25) is 0 Å². The molecule has 0 aromatic heterocycles. The third-order valence-corrected chi connectivity index (χ3v) is 3.80. The molecule has 3 rings (SSSR count). The van der Waals surface area contributed by atoms with Crippen LogP contribution in [-0.4, -0.2) is 12.2 Å². The monoisotopic (exact) mass is 258 g/mol. The van der Waals surface area contributed by atoms with Crippen molar-refractivity contribution in [2.24, 2.45) is 0 Å². The summed E-state index contributed by atoms with van der Waals surface area (Å²) in [5.74, 6) is 0.0257. The Balaban J connectivity index is 1.88. The molecule has 1 N–H and O–H groups in total. The third-order valence-electron chi connectivity index (χ3n) is 3.80. The van der Waals surface area contributed by atoms with Gasteiger partial charge in [-0.1, -0.05) is 24.3 Å². The Labute approximate surface area is 111 Å². The molecule has 2 atom stereocenters. The highest BCUT2D eigenvalue weighted by atomic mass is 19.1. The van der Waals surface area contributed by atoms with Crippen LogP contribution in [0.15, 0.2) is 42.5 Å². The molecule has 1 aliphatic carbocycles. The first-order chi connectivity index (χ1) is 9.20. The van der Waals surface area contributed by atoms with E-state index in [0.717, 1.165) is 12.0 Å². The van der Waals surface area contributed by atoms with E-state index in [4.69, 9.17) is 4.74 Å². The Kier molecular flexibility index (Phi) is 2.99. The Morgan fingerprint density at radius 2 is 2.05 bits per heavy atom. The first kappa shape index (κ1) is 12.2. The van der Waals surface area contributed by atoms with Gasteiger partial charge in [-0.05, 0) is 29.7 Å². The lowest BCUT2D eigenvalue weighted by atomic mass is 9.73. The van der Waals surface area contributed by atoms with Gasteiger partial charge in [0.25, 0.3) is 0 Å². The maximum absolute atomic E-state index is 13.9. The minimum Gasteiger partial charge on any atom is -0.497 e. The van der Waals surface area contributed by atoms with Crippen LogP contribution in [0.3, 0.4) is 0 Å². The van der Waals surface area contributed by atoms with E-state index in [0.29, 0.717) is 11.3 Å². The van der Waals surface area contributed by atoms with Crippen LogP contribution in [-0.2, 0) is 6.42 Å². The highest BCUT2D eigenvalue weighted by Gasteiger charge is 2.33. The molecule has 98 valence electrons. The van der Waals surface area contributed by atoms with Gasteiger partial charge in [0, 0.05) is 17.5 Å². The minimum absolute atomic E-state index is 0.0147. The van der Waals surface area contributed by atoms with Crippen molar-refractivity contribution in [3.8, 4) is 5.75 Å². The highest BCUT2D eigenvalue weighted by Crippen LogP contribution is 2.44. The van der Waals surface area contributed by atoms with Crippen molar-refractivity contribution < 1.29 is 14.2 Å². The number of aliphatic hydroxyl groups excluding tert-OH is 1. The fourth-order valence-corrected chi connectivity index (χ4v) is 2.67. The van der Waals surface area contributed by atoms with Crippen LogP contribution in [0.5, 0.6) is 5.75 Å². The van der Waals surface area contributed by atoms with Gasteiger partial charge < -0.3 is 9.84 Å². The molecule has 0 saturated heterocycles. The molecular formula is C16H15FO2. The highest BCUT2D eigenvalue weighted by molar-refractivity contribution is 5.43. The maximum Gasteiger partial charge on any atom is 0.132 e. The molecule has 2 nitrogen and oxygen atoms in total. The van der Waals surface area contributed by atoms with Crippen molar-refractivity contribution >= 4 is 0 Å². The summed E-state index contributed by atoms with van der Waals surface area (Å²) < 4.78 is 18.9. The van der Waals surface area contributed by atoms with E-state index >= 15 is 0 Å². The Morgan fingerprint density at radius 1 is 1.26 bits per heavy atom. The quantitative estimate of drug-likeness (QED) is 0.916. The molecule has 0 amide bonds. The smallest absolute Gasteiger partial charge is 0.132 e. The van der Waals surface area contributed by atoms with Crippen LogP contribution in [0, 0.1) is 5.82 Å². The summed E-state index contributed by atoms with van der Waals surface area (Å²) >= 11 is 0. The molecule has 1 aliphatic rings. The van der Waals surface area contributed by atoms with Crippen molar-refractivity contribution in [3.63, 3.8) is 0 Å². The Hall–Kier alpha value is -1.87. The van der Waals surface area contributed by atoms with Gasteiger partial charge in [0.05, 0.1) is 13.2 Å². The molecule has 0 bridgehead atoms. The molecule has 0 heterocycles. The molecule has 2 aromatic carbocycles. The molecule has 0 radical (unpaired) electrons. The van der Waals surface area contributed by atoms with Crippen LogP contribution in [0.1, 0.15) is 28.7 Å². The number of fused-ring (bicyclic) bond motifs is 1. The van der Waals surface area contributed by atoms with E-state index < -0.39 is 11.9 Å². The molecule has 19 heavy (non-hydrogen) atoms. The fourth-order valence-electron chi connectivity index (χ4n) is 2.67. The van der Waals surface area contributed by atoms with Crippen LogP contribution >= 0.6 is 0 Å². The van der Waals surface area contributed by atoms with Gasteiger partial charge in [-0.2, -0.15) is 0 Å². The van der Waals surface area contributed by atoms with E-state index in [2.05, 4.69) is 0 Å². The average Bonchev–Trinajstić information content (AvgIpc) is 2.39. The number of methoxy groups -OCH3 is 1. The molecule has 0 fully saturated rings. The molecule has 0 aliphatic heterocycles. The summed E-state index contributed by atoms with van der Waals surface area (Å²) in [5, 5.41) is 10.4. The molecular weight excluding hydrogens is 243 g/mol. The van der Waals surface area contributed by atoms with Crippen LogP contribution in [0.25, 0.3) is 0 Å². The summed E-state index contributed by atoms with van der Waals surface area (Å²) in [6, 6.07) is 12.5. The van der Waals surface area contributed by atoms with Crippen LogP contribution < -0.4 is 4.74 Å². The topological polar surface area (TPSA) is 29.5 Å². The molecule has 0 saturated carbocycles. The van der Waals surface area contributed by atoms with Crippen LogP contribution in [0.2, 0.25) is 0 Å². The molecule has 3 heteroatoms. The number of hydrogen-bond donors (Lipinski definition) is 1. The van der Waals surface area contributed by atoms with Gasteiger partial charge in [0.2, 0.25) is 0 Å². The van der Waals surface area contributed by atoms with E-state index in [1.165, 1.54) is 18.7 Å². The molecule has 2 aromatic rings. The first-order valence-electron chi connectivity index (χ1n) is 6.30. The number of halogens is 1. The summed E-state index contributed by atoms with van der Waals surface area (Å²) in [5.41, 5.74) is 2.69. The lowest BCUT2D eigenvalue weighted by Gasteiger charge is -2.34. The second kappa shape index (κ2) is 4.67. The van der Waals surface area contributed by atoms with E-state index in [1.54, 1.807) is 12.1 Å². The van der Waals surface area contributed by atoms with E-state index in [1.807, 2.05) is 24.3 Å². The third kappa shape index (κ3) is 2.00. The largest absolute Gasteiger partial charge is 0.497 e. The lowest BCUT2D eigenvalue weighted by molar-refractivity contribution is 0.130. The van der Waals surface area contributed by atoms with Crippen molar-refractivity contribution in [2.45, 2.75) is 18.4 Å². The second-order valence-electron chi connectivity index (χ2n) is 4.84. The minimum atomic E-state index is -0.805. The normalized spacial score (nSPS) is 18.4. The summed E-state index contributed by atoms with van der Waals surface area (Å²) in [6.45, 7) is 0. The summed E-state index contributed by atoms with van der Waals surface area (Å²) in [4.78, 5) is 0. The van der Waals surface area contributed by atoms with Crippen molar-refractivity contribution in [1.82, 2.24) is 0 Å². The number of aliphatic hydroxyl groups is 1. The van der Waals surface area contributed by atoms with E-state index in [9.17, 15) is 9.50 Å². The first-order valence-corrected chi connectivity index (χ1v) is 6.30. The zero-order valence-electron chi connectivity index (χ0n) is 10.6. The Morgan fingerprint density at radius 3 is 2.74 bits per heavy atom. The van der Waals surface area contributed by atoms with Gasteiger partial charge in [-0.25, -0.2) is 4.39 Å². The fraction of sp³-hybridized carbons (Fsp3) is 0.250. The van der Waals surface area contributed by atoms with Crippen molar-refractivity contribution in [2.75, 3.05) is 7.11 Å². The Bertz CT molecular complexity index is 609. The number of benzene rings is 2. The van der Waals surface area contributed by atoms with Gasteiger partial charge in [0.15, 0.2) is 0 Å². The van der Waals surface area contributed by atoms with E-state index in [-0.39, 0.29) is 5.92 Å². The molecule has 0 spiro atoms. The zero-order chi connectivity index (χ0) is 13.4. The number of ether oxygens (including phenoxy) is 1. The van der Waals surface area contributed by atoms with Crippen molar-refractivity contribution in [1.29, 1.82) is 0 Å². The van der Waals surface area contributed by atoms with Crippen LogP contribution in [0.4, 0.5) is 4.39 Å².